The lowest BCUT2D eigenvalue weighted by atomic mass is 10.1. The fraction of sp³-hybridized carbons (Fsp3) is 0.0833. The van der Waals surface area contributed by atoms with Gasteiger partial charge in [-0.15, -0.1) is 11.3 Å². The van der Waals surface area contributed by atoms with Gasteiger partial charge in [-0.25, -0.2) is 4.39 Å². The van der Waals surface area contributed by atoms with Gasteiger partial charge >= 0.3 is 0 Å². The molecule has 0 radical (unpaired) electrons. The summed E-state index contributed by atoms with van der Waals surface area (Å²) in [5.74, 6) is -0.552. The van der Waals surface area contributed by atoms with Crippen LogP contribution in [0.15, 0.2) is 34.8 Å². The average Bonchev–Trinajstić information content (AvgIpc) is 2.62. The second-order valence-corrected chi connectivity index (χ2v) is 5.60. The fourth-order valence-electron chi connectivity index (χ4n) is 1.38. The van der Waals surface area contributed by atoms with Crippen LogP contribution < -0.4 is 0 Å². The van der Waals surface area contributed by atoms with Gasteiger partial charge in [0.15, 0.2) is 0 Å². The Hall–Kier alpha value is -1.00. The van der Waals surface area contributed by atoms with E-state index in [9.17, 15) is 9.18 Å². The molecule has 1 nitrogen and oxygen atoms in total. The van der Waals surface area contributed by atoms with E-state index in [0.29, 0.717) is 14.9 Å². The second-order valence-electron chi connectivity index (χ2n) is 3.40. The number of benzene rings is 1. The molecule has 0 bridgehead atoms. The minimum Gasteiger partial charge on any atom is -0.288 e. The van der Waals surface area contributed by atoms with Crippen LogP contribution in [-0.4, -0.2) is 5.78 Å². The molecule has 0 amide bonds. The number of rotatable bonds is 2. The van der Waals surface area contributed by atoms with Crippen LogP contribution in [0.4, 0.5) is 4.39 Å². The molecule has 0 spiro atoms. The molecule has 2 aromatic rings. The van der Waals surface area contributed by atoms with Crippen molar-refractivity contribution in [3.05, 3.63) is 55.9 Å². The van der Waals surface area contributed by atoms with Gasteiger partial charge in [0.05, 0.1) is 4.88 Å². The normalized spacial score (nSPS) is 10.4. The Labute approximate surface area is 105 Å². The highest BCUT2D eigenvalue weighted by Gasteiger charge is 2.12. The SMILES string of the molecule is Cc1ccc(C(=O)c2cc(F)cc(Br)c2)s1. The Morgan fingerprint density at radius 2 is 2.06 bits per heavy atom. The minimum absolute atomic E-state index is 0.140. The molecule has 0 unspecified atom stereocenters. The van der Waals surface area contributed by atoms with Crippen molar-refractivity contribution in [1.29, 1.82) is 0 Å². The van der Waals surface area contributed by atoms with Gasteiger partial charge in [0.2, 0.25) is 5.78 Å². The van der Waals surface area contributed by atoms with Crippen LogP contribution in [0, 0.1) is 12.7 Å². The first-order chi connectivity index (χ1) is 7.56. The molecule has 4 heteroatoms. The molecule has 1 heterocycles. The van der Waals surface area contributed by atoms with Crippen LogP contribution in [0.25, 0.3) is 0 Å². The largest absolute Gasteiger partial charge is 0.288 e. The standard InChI is InChI=1S/C12H8BrFOS/c1-7-2-3-11(16-7)12(15)8-4-9(13)6-10(14)5-8/h2-6H,1H3. The zero-order valence-corrected chi connectivity index (χ0v) is 10.9. The molecule has 0 N–H and O–H groups in total. The number of carbonyl (C=O) groups is 1. The van der Waals surface area contributed by atoms with Crippen molar-refractivity contribution in [1.82, 2.24) is 0 Å². The highest BCUT2D eigenvalue weighted by atomic mass is 79.9. The topological polar surface area (TPSA) is 17.1 Å². The summed E-state index contributed by atoms with van der Waals surface area (Å²) in [6, 6.07) is 7.85. The van der Waals surface area contributed by atoms with Gasteiger partial charge in [0, 0.05) is 14.9 Å². The Morgan fingerprint density at radius 1 is 1.31 bits per heavy atom. The number of aryl methyl sites for hydroxylation is 1. The summed E-state index contributed by atoms with van der Waals surface area (Å²) in [5, 5.41) is 0. The summed E-state index contributed by atoms with van der Waals surface area (Å²) in [6.07, 6.45) is 0. The summed E-state index contributed by atoms with van der Waals surface area (Å²) < 4.78 is 13.7. The quantitative estimate of drug-likeness (QED) is 0.760. The predicted molar refractivity (Wildman–Crippen MR) is 66.6 cm³/mol. The van der Waals surface area contributed by atoms with Gasteiger partial charge in [-0.3, -0.25) is 4.79 Å². The van der Waals surface area contributed by atoms with Gasteiger partial charge in [0.25, 0.3) is 0 Å². The zero-order chi connectivity index (χ0) is 11.7. The second kappa shape index (κ2) is 4.47. The van der Waals surface area contributed by atoms with Crippen LogP contribution in [0.1, 0.15) is 20.1 Å². The van der Waals surface area contributed by atoms with Crippen LogP contribution in [0.2, 0.25) is 0 Å². The van der Waals surface area contributed by atoms with Crippen LogP contribution in [0.3, 0.4) is 0 Å². The Morgan fingerprint density at radius 3 is 2.62 bits per heavy atom. The summed E-state index contributed by atoms with van der Waals surface area (Å²) >= 11 is 4.59. The van der Waals surface area contributed by atoms with E-state index in [1.54, 1.807) is 12.1 Å². The molecule has 1 aromatic carbocycles. The number of carbonyl (C=O) groups excluding carboxylic acids is 1. The molecule has 16 heavy (non-hydrogen) atoms. The van der Waals surface area contributed by atoms with Gasteiger partial charge in [-0.1, -0.05) is 15.9 Å². The monoisotopic (exact) mass is 298 g/mol. The predicted octanol–water partition coefficient (Wildman–Crippen LogP) is 4.19. The van der Waals surface area contributed by atoms with Crippen molar-refractivity contribution in [2.45, 2.75) is 6.92 Å². The third-order valence-corrected chi connectivity index (χ3v) is 3.55. The molecular formula is C12H8BrFOS. The van der Waals surface area contributed by atoms with Gasteiger partial charge < -0.3 is 0 Å². The first kappa shape index (κ1) is 11.5. The van der Waals surface area contributed by atoms with Crippen molar-refractivity contribution in [2.24, 2.45) is 0 Å². The maximum Gasteiger partial charge on any atom is 0.203 e. The van der Waals surface area contributed by atoms with E-state index in [1.165, 1.54) is 23.5 Å². The third-order valence-electron chi connectivity index (χ3n) is 2.09. The van der Waals surface area contributed by atoms with Crippen molar-refractivity contribution in [2.75, 3.05) is 0 Å². The highest BCUT2D eigenvalue weighted by molar-refractivity contribution is 9.10. The Kier molecular flexibility index (Phi) is 3.21. The van der Waals surface area contributed by atoms with Crippen molar-refractivity contribution < 1.29 is 9.18 Å². The van der Waals surface area contributed by atoms with Crippen LogP contribution in [-0.2, 0) is 0 Å². The van der Waals surface area contributed by atoms with E-state index in [0.717, 1.165) is 4.88 Å². The van der Waals surface area contributed by atoms with Crippen molar-refractivity contribution in [3.8, 4) is 0 Å². The lowest BCUT2D eigenvalue weighted by Gasteiger charge is -1.99. The lowest BCUT2D eigenvalue weighted by Crippen LogP contribution is -1.99. The van der Waals surface area contributed by atoms with E-state index >= 15 is 0 Å². The van der Waals surface area contributed by atoms with E-state index in [2.05, 4.69) is 15.9 Å². The first-order valence-electron chi connectivity index (χ1n) is 4.63. The smallest absolute Gasteiger partial charge is 0.203 e. The van der Waals surface area contributed by atoms with E-state index in [4.69, 9.17) is 0 Å². The Balaban J connectivity index is 2.41. The first-order valence-corrected chi connectivity index (χ1v) is 6.24. The molecule has 0 aliphatic carbocycles. The molecular weight excluding hydrogens is 291 g/mol. The summed E-state index contributed by atoms with van der Waals surface area (Å²) in [6.45, 7) is 1.93. The van der Waals surface area contributed by atoms with Gasteiger partial charge in [-0.2, -0.15) is 0 Å². The molecule has 82 valence electrons. The van der Waals surface area contributed by atoms with Gasteiger partial charge in [0.1, 0.15) is 5.82 Å². The Bertz CT molecular complexity index is 527. The summed E-state index contributed by atoms with van der Waals surface area (Å²) in [5.41, 5.74) is 0.369. The molecule has 0 aliphatic heterocycles. The summed E-state index contributed by atoms with van der Waals surface area (Å²) in [7, 11) is 0. The lowest BCUT2D eigenvalue weighted by molar-refractivity contribution is 0.104. The van der Waals surface area contributed by atoms with Crippen molar-refractivity contribution in [3.63, 3.8) is 0 Å². The van der Waals surface area contributed by atoms with E-state index < -0.39 is 5.82 Å². The number of hydrogen-bond acceptors (Lipinski definition) is 2. The number of ketones is 1. The average molecular weight is 299 g/mol. The fourth-order valence-corrected chi connectivity index (χ4v) is 2.68. The van der Waals surface area contributed by atoms with Crippen LogP contribution in [0.5, 0.6) is 0 Å². The molecule has 0 atom stereocenters. The van der Waals surface area contributed by atoms with E-state index in [-0.39, 0.29) is 5.78 Å². The zero-order valence-electron chi connectivity index (χ0n) is 8.46. The highest BCUT2D eigenvalue weighted by Crippen LogP contribution is 2.22. The maximum absolute atomic E-state index is 13.1. The summed E-state index contributed by atoms with van der Waals surface area (Å²) in [4.78, 5) is 13.7. The van der Waals surface area contributed by atoms with Crippen LogP contribution >= 0.6 is 27.3 Å². The molecule has 0 saturated heterocycles. The number of halogens is 2. The molecule has 2 rings (SSSR count). The maximum atomic E-state index is 13.1. The number of thiophene rings is 1. The third kappa shape index (κ3) is 2.39. The van der Waals surface area contributed by atoms with E-state index in [1.807, 2.05) is 13.0 Å². The number of hydrogen-bond donors (Lipinski definition) is 0. The molecule has 0 fully saturated rings. The van der Waals surface area contributed by atoms with Crippen molar-refractivity contribution >= 4 is 33.0 Å². The molecule has 0 aliphatic rings. The molecule has 0 saturated carbocycles. The minimum atomic E-state index is -0.411. The van der Waals surface area contributed by atoms with Gasteiger partial charge in [-0.05, 0) is 37.3 Å². The molecule has 1 aromatic heterocycles.